The van der Waals surface area contributed by atoms with Crippen molar-refractivity contribution in [3.05, 3.63) is 60.7 Å². The van der Waals surface area contributed by atoms with Gasteiger partial charge in [0.05, 0.1) is 0 Å². The summed E-state index contributed by atoms with van der Waals surface area (Å²) in [6.07, 6.45) is 1.65. The van der Waals surface area contributed by atoms with Crippen molar-refractivity contribution in [3.8, 4) is 0 Å². The molecule has 2 rings (SSSR count). The minimum atomic E-state index is -0.882. The van der Waals surface area contributed by atoms with E-state index in [2.05, 4.69) is 11.9 Å². The maximum absolute atomic E-state index is 11.2. The summed E-state index contributed by atoms with van der Waals surface area (Å²) in [6.45, 7) is 4.04. The lowest BCUT2D eigenvalue weighted by atomic mass is 10.0. The summed E-state index contributed by atoms with van der Waals surface area (Å²) < 4.78 is 0. The SMILES string of the molecule is C=CCNC(C(=O)O)c1ccc2ccccc2c1. The molecule has 2 N–H and O–H groups in total. The van der Waals surface area contributed by atoms with Gasteiger partial charge in [-0.15, -0.1) is 6.58 Å². The largest absolute Gasteiger partial charge is 0.480 e. The highest BCUT2D eigenvalue weighted by atomic mass is 16.4. The molecule has 0 saturated heterocycles. The molecular formula is C15H15NO2. The molecule has 1 atom stereocenters. The van der Waals surface area contributed by atoms with Crippen molar-refractivity contribution in [3.63, 3.8) is 0 Å². The first-order valence-electron chi connectivity index (χ1n) is 5.78. The Morgan fingerprint density at radius 3 is 2.67 bits per heavy atom. The zero-order chi connectivity index (χ0) is 13.0. The van der Waals surface area contributed by atoms with E-state index >= 15 is 0 Å². The van der Waals surface area contributed by atoms with Gasteiger partial charge in [-0.05, 0) is 22.4 Å². The lowest BCUT2D eigenvalue weighted by Gasteiger charge is -2.14. The predicted octanol–water partition coefficient (Wildman–Crippen LogP) is 2.74. The van der Waals surface area contributed by atoms with Gasteiger partial charge >= 0.3 is 5.97 Å². The van der Waals surface area contributed by atoms with E-state index < -0.39 is 12.0 Å². The molecule has 0 aliphatic rings. The number of rotatable bonds is 5. The number of nitrogens with one attached hydrogen (secondary N) is 1. The Kier molecular flexibility index (Phi) is 3.75. The first kappa shape index (κ1) is 12.3. The van der Waals surface area contributed by atoms with Gasteiger partial charge in [-0.1, -0.05) is 42.5 Å². The fourth-order valence-corrected chi connectivity index (χ4v) is 1.94. The van der Waals surface area contributed by atoms with E-state index in [1.54, 1.807) is 6.08 Å². The Balaban J connectivity index is 2.37. The molecule has 0 heterocycles. The van der Waals surface area contributed by atoms with Crippen LogP contribution in [0.1, 0.15) is 11.6 Å². The molecule has 0 radical (unpaired) electrons. The highest BCUT2D eigenvalue weighted by Crippen LogP contribution is 2.20. The van der Waals surface area contributed by atoms with E-state index in [-0.39, 0.29) is 0 Å². The Morgan fingerprint density at radius 1 is 1.28 bits per heavy atom. The van der Waals surface area contributed by atoms with Crippen molar-refractivity contribution in [1.29, 1.82) is 0 Å². The van der Waals surface area contributed by atoms with Crippen LogP contribution in [0.15, 0.2) is 55.1 Å². The molecule has 0 saturated carbocycles. The normalized spacial score (nSPS) is 12.2. The predicted molar refractivity (Wildman–Crippen MR) is 72.5 cm³/mol. The highest BCUT2D eigenvalue weighted by molar-refractivity contribution is 5.85. The fourth-order valence-electron chi connectivity index (χ4n) is 1.94. The quantitative estimate of drug-likeness (QED) is 0.791. The molecule has 18 heavy (non-hydrogen) atoms. The van der Waals surface area contributed by atoms with Gasteiger partial charge in [-0.3, -0.25) is 10.1 Å². The summed E-state index contributed by atoms with van der Waals surface area (Å²) in [5.74, 6) is -0.882. The van der Waals surface area contributed by atoms with Gasteiger partial charge in [0.1, 0.15) is 6.04 Å². The van der Waals surface area contributed by atoms with Crippen molar-refractivity contribution < 1.29 is 9.90 Å². The van der Waals surface area contributed by atoms with Gasteiger partial charge in [0.2, 0.25) is 0 Å². The summed E-state index contributed by atoms with van der Waals surface area (Å²) in [6, 6.07) is 12.9. The molecule has 0 bridgehead atoms. The smallest absolute Gasteiger partial charge is 0.325 e. The van der Waals surface area contributed by atoms with Gasteiger partial charge < -0.3 is 5.11 Å². The highest BCUT2D eigenvalue weighted by Gasteiger charge is 2.18. The Bertz CT molecular complexity index is 577. The van der Waals surface area contributed by atoms with Crippen molar-refractivity contribution >= 4 is 16.7 Å². The Labute approximate surface area is 106 Å². The minimum absolute atomic E-state index is 0.462. The van der Waals surface area contributed by atoms with Crippen LogP contribution in [0.5, 0.6) is 0 Å². The van der Waals surface area contributed by atoms with E-state index in [1.165, 1.54) is 0 Å². The molecule has 2 aromatic rings. The summed E-state index contributed by atoms with van der Waals surface area (Å²) in [5.41, 5.74) is 0.753. The molecule has 0 aliphatic heterocycles. The van der Waals surface area contributed by atoms with E-state index in [4.69, 9.17) is 0 Å². The first-order chi connectivity index (χ1) is 8.72. The van der Waals surface area contributed by atoms with Gasteiger partial charge in [-0.25, -0.2) is 0 Å². The molecule has 0 spiro atoms. The summed E-state index contributed by atoms with van der Waals surface area (Å²) >= 11 is 0. The fraction of sp³-hybridized carbons (Fsp3) is 0.133. The Morgan fingerprint density at radius 2 is 2.00 bits per heavy atom. The van der Waals surface area contributed by atoms with Crippen LogP contribution in [0.2, 0.25) is 0 Å². The van der Waals surface area contributed by atoms with Gasteiger partial charge in [0, 0.05) is 6.54 Å². The van der Waals surface area contributed by atoms with Crippen LogP contribution in [-0.2, 0) is 4.79 Å². The molecule has 2 aromatic carbocycles. The number of hydrogen-bond donors (Lipinski definition) is 2. The van der Waals surface area contributed by atoms with E-state index in [1.807, 2.05) is 42.5 Å². The number of fused-ring (bicyclic) bond motifs is 1. The molecule has 0 aliphatic carbocycles. The maximum Gasteiger partial charge on any atom is 0.325 e. The number of hydrogen-bond acceptors (Lipinski definition) is 2. The van der Waals surface area contributed by atoms with Gasteiger partial charge in [0.25, 0.3) is 0 Å². The minimum Gasteiger partial charge on any atom is -0.480 e. The first-order valence-corrected chi connectivity index (χ1v) is 5.78. The second kappa shape index (κ2) is 5.47. The average Bonchev–Trinajstić information content (AvgIpc) is 2.38. The molecule has 0 amide bonds. The topological polar surface area (TPSA) is 49.3 Å². The van der Waals surface area contributed by atoms with Crippen LogP contribution in [-0.4, -0.2) is 17.6 Å². The van der Waals surface area contributed by atoms with Crippen molar-refractivity contribution in [2.24, 2.45) is 0 Å². The third kappa shape index (κ3) is 2.57. The second-order valence-electron chi connectivity index (χ2n) is 4.07. The zero-order valence-corrected chi connectivity index (χ0v) is 9.97. The van der Waals surface area contributed by atoms with Crippen molar-refractivity contribution in [2.75, 3.05) is 6.54 Å². The van der Waals surface area contributed by atoms with Gasteiger partial charge in [0.15, 0.2) is 0 Å². The molecular weight excluding hydrogens is 226 g/mol. The van der Waals surface area contributed by atoms with Crippen LogP contribution in [0, 0.1) is 0 Å². The summed E-state index contributed by atoms with van der Waals surface area (Å²) in [4.78, 5) is 11.2. The zero-order valence-electron chi connectivity index (χ0n) is 9.97. The van der Waals surface area contributed by atoms with Crippen LogP contribution < -0.4 is 5.32 Å². The Hall–Kier alpha value is -2.13. The number of carboxylic acids is 1. The average molecular weight is 241 g/mol. The van der Waals surface area contributed by atoms with E-state index in [0.717, 1.165) is 16.3 Å². The van der Waals surface area contributed by atoms with Crippen LogP contribution >= 0.6 is 0 Å². The third-order valence-corrected chi connectivity index (χ3v) is 2.82. The van der Waals surface area contributed by atoms with Crippen molar-refractivity contribution in [2.45, 2.75) is 6.04 Å². The lowest BCUT2D eigenvalue weighted by molar-refractivity contribution is -0.139. The summed E-state index contributed by atoms with van der Waals surface area (Å²) in [7, 11) is 0. The second-order valence-corrected chi connectivity index (χ2v) is 4.07. The van der Waals surface area contributed by atoms with E-state index in [9.17, 15) is 9.90 Å². The summed E-state index contributed by atoms with van der Waals surface area (Å²) in [5, 5.41) is 14.3. The number of aliphatic carboxylic acids is 1. The monoisotopic (exact) mass is 241 g/mol. The third-order valence-electron chi connectivity index (χ3n) is 2.82. The molecule has 0 fully saturated rings. The molecule has 92 valence electrons. The van der Waals surface area contributed by atoms with Gasteiger partial charge in [-0.2, -0.15) is 0 Å². The van der Waals surface area contributed by atoms with E-state index in [0.29, 0.717) is 6.54 Å². The van der Waals surface area contributed by atoms with Crippen LogP contribution in [0.25, 0.3) is 10.8 Å². The number of carboxylic acid groups (broad SMARTS) is 1. The molecule has 1 unspecified atom stereocenters. The molecule has 3 nitrogen and oxygen atoms in total. The number of carbonyl (C=O) groups is 1. The standard InChI is InChI=1S/C15H15NO2/c1-2-9-16-14(15(17)18)13-8-7-11-5-3-4-6-12(11)10-13/h2-8,10,14,16H,1,9H2,(H,17,18). The lowest BCUT2D eigenvalue weighted by Crippen LogP contribution is -2.28. The van der Waals surface area contributed by atoms with Crippen LogP contribution in [0.3, 0.4) is 0 Å². The maximum atomic E-state index is 11.2. The number of benzene rings is 2. The van der Waals surface area contributed by atoms with Crippen molar-refractivity contribution in [1.82, 2.24) is 5.32 Å². The molecule has 0 aromatic heterocycles. The molecule has 3 heteroatoms. The van der Waals surface area contributed by atoms with Crippen LogP contribution in [0.4, 0.5) is 0 Å².